The monoisotopic (exact) mass is 366 g/mol. The second-order valence-corrected chi connectivity index (χ2v) is 6.35. The van der Waals surface area contributed by atoms with Gasteiger partial charge in [0.15, 0.2) is 0 Å². The fraction of sp³-hybridized carbons (Fsp3) is 0.471. The number of hydrogen-bond acceptors (Lipinski definition) is 4. The van der Waals surface area contributed by atoms with Crippen molar-refractivity contribution >= 4 is 41.5 Å². The van der Waals surface area contributed by atoms with Crippen molar-refractivity contribution < 1.29 is 14.4 Å². The third-order valence-corrected chi connectivity index (χ3v) is 4.40. The van der Waals surface area contributed by atoms with Gasteiger partial charge in [0.25, 0.3) is 0 Å². The predicted molar refractivity (Wildman–Crippen MR) is 97.6 cm³/mol. The van der Waals surface area contributed by atoms with E-state index in [0.29, 0.717) is 23.8 Å². The summed E-state index contributed by atoms with van der Waals surface area (Å²) in [6.45, 7) is 0.427. The van der Waals surface area contributed by atoms with Crippen molar-refractivity contribution in [1.82, 2.24) is 5.32 Å². The molecule has 7 nitrogen and oxygen atoms in total. The van der Waals surface area contributed by atoms with Gasteiger partial charge in [-0.3, -0.25) is 14.4 Å². The average molecular weight is 367 g/mol. The maximum atomic E-state index is 12.4. The van der Waals surface area contributed by atoms with Gasteiger partial charge in [0, 0.05) is 25.4 Å². The van der Waals surface area contributed by atoms with Crippen LogP contribution in [0.5, 0.6) is 0 Å². The maximum absolute atomic E-state index is 12.4. The fourth-order valence-corrected chi connectivity index (χ4v) is 2.82. The molecule has 0 bridgehead atoms. The molecule has 1 aromatic carbocycles. The highest BCUT2D eigenvalue weighted by atomic mass is 35.5. The zero-order chi connectivity index (χ0) is 17.1. The molecule has 1 atom stereocenters. The van der Waals surface area contributed by atoms with Gasteiger partial charge in [-0.2, -0.15) is 0 Å². The van der Waals surface area contributed by atoms with Gasteiger partial charge in [-0.25, -0.2) is 0 Å². The fourth-order valence-electron chi connectivity index (χ4n) is 2.82. The zero-order valence-corrected chi connectivity index (χ0v) is 14.7. The Morgan fingerprint density at radius 3 is 2.72 bits per heavy atom. The number of rotatable bonds is 6. The highest BCUT2D eigenvalue weighted by Crippen LogP contribution is 2.31. The normalized spacial score (nSPS) is 17.0. The molecule has 1 saturated carbocycles. The molecule has 0 radical (unpaired) electrons. The number of nitrogens with zero attached hydrogens (tertiary/aromatic N) is 1. The Morgan fingerprint density at radius 2 is 2.00 bits per heavy atom. The van der Waals surface area contributed by atoms with Gasteiger partial charge in [-0.15, -0.1) is 12.4 Å². The van der Waals surface area contributed by atoms with Crippen molar-refractivity contribution in [1.29, 1.82) is 0 Å². The van der Waals surface area contributed by atoms with E-state index >= 15 is 0 Å². The molecule has 1 fully saturated rings. The molecule has 0 spiro atoms. The molecule has 1 aliphatic heterocycles. The number of nitrogens with two attached hydrogens (primary N) is 1. The van der Waals surface area contributed by atoms with Gasteiger partial charge < -0.3 is 21.3 Å². The lowest BCUT2D eigenvalue weighted by atomic mass is 10.1. The third-order valence-electron chi connectivity index (χ3n) is 4.40. The molecule has 3 amide bonds. The summed E-state index contributed by atoms with van der Waals surface area (Å²) in [4.78, 5) is 37.4. The Kier molecular flexibility index (Phi) is 6.39. The van der Waals surface area contributed by atoms with E-state index in [2.05, 4.69) is 10.6 Å². The second-order valence-electron chi connectivity index (χ2n) is 6.35. The minimum absolute atomic E-state index is 0. The van der Waals surface area contributed by atoms with E-state index in [9.17, 15) is 14.4 Å². The topological polar surface area (TPSA) is 105 Å². The first-order valence-corrected chi connectivity index (χ1v) is 8.26. The third kappa shape index (κ3) is 4.93. The summed E-state index contributed by atoms with van der Waals surface area (Å²) in [7, 11) is 0. The van der Waals surface area contributed by atoms with Crippen LogP contribution in [-0.4, -0.2) is 36.9 Å². The first-order chi connectivity index (χ1) is 11.5. The summed E-state index contributed by atoms with van der Waals surface area (Å²) in [5, 5.41) is 5.51. The Morgan fingerprint density at radius 1 is 1.28 bits per heavy atom. The molecule has 0 aromatic heterocycles. The van der Waals surface area contributed by atoms with Crippen molar-refractivity contribution in [3.8, 4) is 0 Å². The lowest BCUT2D eigenvalue weighted by Crippen LogP contribution is -2.43. The summed E-state index contributed by atoms with van der Waals surface area (Å²) >= 11 is 0. The number of nitrogens with one attached hydrogen (secondary N) is 2. The van der Waals surface area contributed by atoms with E-state index in [1.165, 1.54) is 4.90 Å². The predicted octanol–water partition coefficient (Wildman–Crippen LogP) is 1.03. The molecule has 1 aromatic rings. The van der Waals surface area contributed by atoms with Crippen molar-refractivity contribution in [3.63, 3.8) is 0 Å². The van der Waals surface area contributed by atoms with Crippen LogP contribution in [0.1, 0.15) is 25.7 Å². The Balaban J connectivity index is 0.00000225. The lowest BCUT2D eigenvalue weighted by Gasteiger charge is -2.29. The number of para-hydroxylation sites is 2. The lowest BCUT2D eigenvalue weighted by molar-refractivity contribution is -0.125. The van der Waals surface area contributed by atoms with E-state index in [4.69, 9.17) is 5.73 Å². The summed E-state index contributed by atoms with van der Waals surface area (Å²) in [5.41, 5.74) is 7.21. The molecule has 4 N–H and O–H groups in total. The number of fused-ring (bicyclic) bond motifs is 1. The van der Waals surface area contributed by atoms with Crippen LogP contribution in [0.3, 0.4) is 0 Å². The number of hydrogen-bond donors (Lipinski definition) is 3. The van der Waals surface area contributed by atoms with Gasteiger partial charge in [-0.05, 0) is 30.9 Å². The quantitative estimate of drug-likeness (QED) is 0.699. The van der Waals surface area contributed by atoms with Crippen LogP contribution in [-0.2, 0) is 14.4 Å². The number of carbonyl (C=O) groups excluding carboxylic acids is 3. The number of amides is 3. The zero-order valence-electron chi connectivity index (χ0n) is 13.9. The molecule has 8 heteroatoms. The van der Waals surface area contributed by atoms with E-state index in [1.807, 2.05) is 6.07 Å². The summed E-state index contributed by atoms with van der Waals surface area (Å²) in [5.74, 6) is -0.134. The first-order valence-electron chi connectivity index (χ1n) is 8.26. The first kappa shape index (κ1) is 19.2. The van der Waals surface area contributed by atoms with Gasteiger partial charge >= 0.3 is 0 Å². The highest BCUT2D eigenvalue weighted by Gasteiger charge is 2.29. The van der Waals surface area contributed by atoms with Gasteiger partial charge in [0.05, 0.1) is 11.4 Å². The van der Waals surface area contributed by atoms with Crippen molar-refractivity contribution in [2.45, 2.75) is 31.7 Å². The Bertz CT molecular complexity index is 663. The van der Waals surface area contributed by atoms with Crippen LogP contribution in [0.25, 0.3) is 0 Å². The molecule has 1 heterocycles. The van der Waals surface area contributed by atoms with Crippen LogP contribution in [0.2, 0.25) is 0 Å². The maximum Gasteiger partial charge on any atom is 0.244 e. The average Bonchev–Trinajstić information content (AvgIpc) is 3.41. The molecular formula is C17H23ClN4O3. The Hall–Kier alpha value is -2.12. The molecule has 25 heavy (non-hydrogen) atoms. The molecule has 0 saturated heterocycles. The molecule has 1 unspecified atom stereocenters. The Labute approximate surface area is 152 Å². The molecule has 1 aliphatic carbocycles. The minimum atomic E-state index is -0.237. The number of benzene rings is 1. The number of carbonyl (C=O) groups is 3. The molecule has 2 aliphatic rings. The van der Waals surface area contributed by atoms with Crippen molar-refractivity contribution in [2.24, 2.45) is 11.7 Å². The smallest absolute Gasteiger partial charge is 0.244 e. The summed E-state index contributed by atoms with van der Waals surface area (Å²) < 4.78 is 0. The summed E-state index contributed by atoms with van der Waals surface area (Å²) in [6, 6.07) is 7.13. The second kappa shape index (κ2) is 8.31. The number of halogens is 1. The van der Waals surface area contributed by atoms with Crippen LogP contribution in [0, 0.1) is 5.92 Å². The van der Waals surface area contributed by atoms with Crippen LogP contribution < -0.4 is 21.3 Å². The van der Waals surface area contributed by atoms with Crippen LogP contribution >= 0.6 is 12.4 Å². The molecule has 136 valence electrons. The largest absolute Gasteiger partial charge is 0.355 e. The molecular weight excluding hydrogens is 344 g/mol. The number of anilines is 2. The van der Waals surface area contributed by atoms with E-state index in [1.54, 1.807) is 18.2 Å². The SMILES string of the molecule is Cl.NC(CNC(=O)CCC(=O)N1CC(=O)Nc2ccccc21)C1CC1. The standard InChI is InChI=1S/C17H22N4O3.ClH/c18-12(11-5-6-11)9-19-15(22)7-8-17(24)21-10-16(23)20-13-3-1-2-4-14(13)21;/h1-4,11-12H,5-10,18H2,(H,19,22)(H,20,23);1H. The summed E-state index contributed by atoms with van der Waals surface area (Å²) in [6.07, 6.45) is 2.42. The van der Waals surface area contributed by atoms with Gasteiger partial charge in [-0.1, -0.05) is 12.1 Å². The van der Waals surface area contributed by atoms with Gasteiger partial charge in [0.1, 0.15) is 6.54 Å². The van der Waals surface area contributed by atoms with E-state index in [0.717, 1.165) is 12.8 Å². The minimum Gasteiger partial charge on any atom is -0.355 e. The van der Waals surface area contributed by atoms with E-state index in [-0.39, 0.29) is 55.6 Å². The van der Waals surface area contributed by atoms with Crippen molar-refractivity contribution in [2.75, 3.05) is 23.3 Å². The van der Waals surface area contributed by atoms with Crippen LogP contribution in [0.15, 0.2) is 24.3 Å². The van der Waals surface area contributed by atoms with Crippen molar-refractivity contribution in [3.05, 3.63) is 24.3 Å². The molecule has 3 rings (SSSR count). The van der Waals surface area contributed by atoms with E-state index < -0.39 is 0 Å². The van der Waals surface area contributed by atoms with Gasteiger partial charge in [0.2, 0.25) is 17.7 Å². The van der Waals surface area contributed by atoms with Crippen LogP contribution in [0.4, 0.5) is 11.4 Å². The highest BCUT2D eigenvalue weighted by molar-refractivity contribution is 6.10.